The number of rotatable bonds is 6. The quantitative estimate of drug-likeness (QED) is 0.833. The summed E-state index contributed by atoms with van der Waals surface area (Å²) in [6.45, 7) is 2.81. The largest absolute Gasteiger partial charge is 0.356 e. The number of amides is 1. The maximum absolute atomic E-state index is 12.2. The van der Waals surface area contributed by atoms with E-state index in [-0.39, 0.29) is 11.8 Å². The molecule has 1 amide bonds. The summed E-state index contributed by atoms with van der Waals surface area (Å²) < 4.78 is 2.11. The number of nitrogens with one attached hydrogen (secondary N) is 1. The fourth-order valence-corrected chi connectivity index (χ4v) is 3.47. The normalized spacial score (nSPS) is 17.0. The second-order valence-corrected chi connectivity index (χ2v) is 6.40. The number of aryl methyl sites for hydroxylation is 1. The maximum atomic E-state index is 12.2. The first-order valence-electron chi connectivity index (χ1n) is 8.44. The molecule has 0 saturated heterocycles. The summed E-state index contributed by atoms with van der Waals surface area (Å²) in [5.41, 5.74) is 1.12. The number of hydrogen-bond acceptors (Lipinski definition) is 2. The standard InChI is InChI=1S/C18H25N3O/c1-14(15-7-2-3-8-15)18(22)19-11-6-10-17-20-13-16-9-4-5-12-21(16)17/h4-5,9,12-15H,2-3,6-8,10-11H2,1H3,(H,19,22). The highest BCUT2D eigenvalue weighted by molar-refractivity contribution is 5.78. The lowest BCUT2D eigenvalue weighted by atomic mass is 9.92. The van der Waals surface area contributed by atoms with Crippen LogP contribution in [0.25, 0.3) is 5.52 Å². The summed E-state index contributed by atoms with van der Waals surface area (Å²) in [6, 6.07) is 6.09. The minimum Gasteiger partial charge on any atom is -0.356 e. The van der Waals surface area contributed by atoms with Gasteiger partial charge in [0.05, 0.1) is 11.7 Å². The van der Waals surface area contributed by atoms with Crippen LogP contribution in [0.3, 0.4) is 0 Å². The Morgan fingerprint density at radius 3 is 3.05 bits per heavy atom. The topological polar surface area (TPSA) is 46.4 Å². The number of aromatic nitrogens is 2. The number of imidazole rings is 1. The number of hydrogen-bond donors (Lipinski definition) is 1. The SMILES string of the molecule is CC(C(=O)NCCCc1ncc2ccccn12)C1CCCC1. The Hall–Kier alpha value is -1.84. The number of pyridine rings is 1. The first-order valence-corrected chi connectivity index (χ1v) is 8.44. The van der Waals surface area contributed by atoms with Gasteiger partial charge in [-0.15, -0.1) is 0 Å². The van der Waals surface area contributed by atoms with Gasteiger partial charge in [-0.05, 0) is 37.3 Å². The van der Waals surface area contributed by atoms with Gasteiger partial charge in [0.15, 0.2) is 0 Å². The van der Waals surface area contributed by atoms with E-state index < -0.39 is 0 Å². The van der Waals surface area contributed by atoms with Crippen LogP contribution in [0.1, 0.15) is 44.9 Å². The highest BCUT2D eigenvalue weighted by Crippen LogP contribution is 2.31. The van der Waals surface area contributed by atoms with Crippen molar-refractivity contribution in [3.8, 4) is 0 Å². The lowest BCUT2D eigenvalue weighted by Gasteiger charge is -2.18. The van der Waals surface area contributed by atoms with Gasteiger partial charge < -0.3 is 9.72 Å². The average molecular weight is 299 g/mol. The van der Waals surface area contributed by atoms with Crippen LogP contribution in [-0.2, 0) is 11.2 Å². The molecule has 2 aromatic rings. The summed E-state index contributed by atoms with van der Waals surface area (Å²) in [4.78, 5) is 16.6. The van der Waals surface area contributed by atoms with Crippen LogP contribution in [-0.4, -0.2) is 21.8 Å². The molecule has 3 rings (SSSR count). The predicted octanol–water partition coefficient (Wildman–Crippen LogP) is 3.21. The Balaban J connectivity index is 1.44. The first kappa shape index (κ1) is 15.1. The Labute approximate surface area is 131 Å². The smallest absolute Gasteiger partial charge is 0.223 e. The molecule has 1 aliphatic carbocycles. The van der Waals surface area contributed by atoms with Crippen LogP contribution in [0.5, 0.6) is 0 Å². The van der Waals surface area contributed by atoms with E-state index in [0.29, 0.717) is 5.92 Å². The minimum atomic E-state index is 0.162. The molecular formula is C18H25N3O. The molecule has 0 radical (unpaired) electrons. The molecule has 118 valence electrons. The minimum absolute atomic E-state index is 0.162. The van der Waals surface area contributed by atoms with Crippen molar-refractivity contribution >= 4 is 11.4 Å². The van der Waals surface area contributed by atoms with E-state index in [0.717, 1.165) is 30.7 Å². The van der Waals surface area contributed by atoms with Crippen molar-refractivity contribution in [3.05, 3.63) is 36.4 Å². The van der Waals surface area contributed by atoms with E-state index in [2.05, 4.69) is 27.7 Å². The van der Waals surface area contributed by atoms with E-state index in [1.807, 2.05) is 24.5 Å². The van der Waals surface area contributed by atoms with Crippen molar-refractivity contribution in [1.29, 1.82) is 0 Å². The third-order valence-electron chi connectivity index (χ3n) is 4.91. The lowest BCUT2D eigenvalue weighted by molar-refractivity contribution is -0.126. The van der Waals surface area contributed by atoms with Gasteiger partial charge in [-0.2, -0.15) is 0 Å². The Kier molecular flexibility index (Phi) is 4.76. The third-order valence-corrected chi connectivity index (χ3v) is 4.91. The molecule has 0 spiro atoms. The van der Waals surface area contributed by atoms with Gasteiger partial charge >= 0.3 is 0 Å². The van der Waals surface area contributed by atoms with Crippen molar-refractivity contribution < 1.29 is 4.79 Å². The van der Waals surface area contributed by atoms with Crippen molar-refractivity contribution in [1.82, 2.24) is 14.7 Å². The Bertz CT molecular complexity index is 628. The van der Waals surface area contributed by atoms with Crippen LogP contribution in [0.4, 0.5) is 0 Å². The summed E-state index contributed by atoms with van der Waals surface area (Å²) in [7, 11) is 0. The molecule has 1 N–H and O–H groups in total. The van der Waals surface area contributed by atoms with Gasteiger partial charge in [-0.1, -0.05) is 25.8 Å². The summed E-state index contributed by atoms with van der Waals surface area (Å²) in [5, 5.41) is 3.09. The Morgan fingerprint density at radius 1 is 1.41 bits per heavy atom. The second-order valence-electron chi connectivity index (χ2n) is 6.40. The molecule has 1 unspecified atom stereocenters. The van der Waals surface area contributed by atoms with E-state index in [4.69, 9.17) is 0 Å². The number of nitrogens with zero attached hydrogens (tertiary/aromatic N) is 2. The van der Waals surface area contributed by atoms with Gasteiger partial charge in [0.2, 0.25) is 5.91 Å². The van der Waals surface area contributed by atoms with Crippen LogP contribution in [0.2, 0.25) is 0 Å². The molecule has 2 heterocycles. The molecule has 4 nitrogen and oxygen atoms in total. The van der Waals surface area contributed by atoms with Crippen LogP contribution < -0.4 is 5.32 Å². The average Bonchev–Trinajstić information content (AvgIpc) is 3.20. The van der Waals surface area contributed by atoms with Gasteiger partial charge in [0.1, 0.15) is 5.82 Å². The highest BCUT2D eigenvalue weighted by Gasteiger charge is 2.26. The molecule has 22 heavy (non-hydrogen) atoms. The third kappa shape index (κ3) is 3.32. The van der Waals surface area contributed by atoms with Gasteiger partial charge in [-0.3, -0.25) is 4.79 Å². The zero-order valence-electron chi connectivity index (χ0n) is 13.3. The molecule has 0 aromatic carbocycles. The van der Waals surface area contributed by atoms with Crippen molar-refractivity contribution in [3.63, 3.8) is 0 Å². The van der Waals surface area contributed by atoms with Gasteiger partial charge in [-0.25, -0.2) is 4.98 Å². The van der Waals surface area contributed by atoms with Gasteiger partial charge in [0, 0.05) is 25.1 Å². The van der Waals surface area contributed by atoms with E-state index in [9.17, 15) is 4.79 Å². The molecule has 1 atom stereocenters. The first-order chi connectivity index (χ1) is 10.8. The van der Waals surface area contributed by atoms with Gasteiger partial charge in [0.25, 0.3) is 0 Å². The van der Waals surface area contributed by atoms with Crippen LogP contribution in [0.15, 0.2) is 30.6 Å². The summed E-state index contributed by atoms with van der Waals surface area (Å²) in [6.07, 6.45) is 10.8. The van der Waals surface area contributed by atoms with Crippen LogP contribution in [0, 0.1) is 11.8 Å². The maximum Gasteiger partial charge on any atom is 0.223 e. The second kappa shape index (κ2) is 6.95. The summed E-state index contributed by atoms with van der Waals surface area (Å²) in [5.74, 6) is 2.04. The van der Waals surface area contributed by atoms with Crippen molar-refractivity contribution in [2.75, 3.05) is 6.54 Å². The predicted molar refractivity (Wildman–Crippen MR) is 87.6 cm³/mol. The van der Waals surface area contributed by atoms with E-state index in [1.165, 1.54) is 25.7 Å². The zero-order chi connectivity index (χ0) is 15.4. The van der Waals surface area contributed by atoms with Crippen molar-refractivity contribution in [2.24, 2.45) is 11.8 Å². The highest BCUT2D eigenvalue weighted by atomic mass is 16.1. The summed E-state index contributed by atoms with van der Waals surface area (Å²) >= 11 is 0. The lowest BCUT2D eigenvalue weighted by Crippen LogP contribution is -2.33. The number of carbonyl (C=O) groups is 1. The van der Waals surface area contributed by atoms with Crippen LogP contribution >= 0.6 is 0 Å². The molecule has 2 aromatic heterocycles. The molecule has 4 heteroatoms. The zero-order valence-corrected chi connectivity index (χ0v) is 13.3. The molecule has 1 saturated carbocycles. The molecular weight excluding hydrogens is 274 g/mol. The molecule has 0 aliphatic heterocycles. The monoisotopic (exact) mass is 299 g/mol. The van der Waals surface area contributed by atoms with Crippen molar-refractivity contribution in [2.45, 2.75) is 45.4 Å². The Morgan fingerprint density at radius 2 is 2.23 bits per heavy atom. The molecule has 1 aliphatic rings. The fraction of sp³-hybridized carbons (Fsp3) is 0.556. The number of carbonyl (C=O) groups excluding carboxylic acids is 1. The fourth-order valence-electron chi connectivity index (χ4n) is 3.47. The molecule has 1 fully saturated rings. The number of fused-ring (bicyclic) bond motifs is 1. The van der Waals surface area contributed by atoms with E-state index in [1.54, 1.807) is 0 Å². The van der Waals surface area contributed by atoms with E-state index >= 15 is 0 Å². The molecule has 0 bridgehead atoms.